The Morgan fingerprint density at radius 2 is 2.29 bits per heavy atom. The van der Waals surface area contributed by atoms with Crippen LogP contribution in [0.2, 0.25) is 0 Å². The number of esters is 1. The molecule has 2 N–H and O–H groups in total. The number of hydrogen-bond acceptors (Lipinski definition) is 5. The van der Waals surface area contributed by atoms with Crippen molar-refractivity contribution < 1.29 is 9.53 Å². The first-order valence-electron chi connectivity index (χ1n) is 4.95. The second-order valence-electron chi connectivity index (χ2n) is 3.52. The summed E-state index contributed by atoms with van der Waals surface area (Å²) in [6.45, 7) is 0. The molecule has 0 aliphatic heterocycles. The summed E-state index contributed by atoms with van der Waals surface area (Å²) in [7, 11) is 3.11. The molecule has 2 aromatic heterocycles. The van der Waals surface area contributed by atoms with E-state index in [4.69, 9.17) is 5.73 Å². The Hall–Kier alpha value is -2.37. The maximum absolute atomic E-state index is 11.5. The number of aromatic nitrogens is 3. The summed E-state index contributed by atoms with van der Waals surface area (Å²) in [6, 6.07) is 1.53. The van der Waals surface area contributed by atoms with E-state index in [1.807, 2.05) is 0 Å². The van der Waals surface area contributed by atoms with E-state index in [9.17, 15) is 4.79 Å². The van der Waals surface area contributed by atoms with Crippen LogP contribution in [0.4, 0.5) is 5.69 Å². The first-order chi connectivity index (χ1) is 8.13. The van der Waals surface area contributed by atoms with Gasteiger partial charge in [0.15, 0.2) is 0 Å². The number of nitrogens with two attached hydrogens (primary N) is 1. The molecule has 6 nitrogen and oxygen atoms in total. The van der Waals surface area contributed by atoms with Gasteiger partial charge in [-0.15, -0.1) is 0 Å². The molecule has 0 saturated carbocycles. The lowest BCUT2D eigenvalue weighted by Gasteiger charge is -2.06. The largest absolute Gasteiger partial charge is 0.465 e. The lowest BCUT2D eigenvalue weighted by atomic mass is 10.1. The molecule has 0 unspecified atom stereocenters. The Morgan fingerprint density at radius 1 is 1.53 bits per heavy atom. The highest BCUT2D eigenvalue weighted by molar-refractivity contribution is 5.98. The number of ether oxygens (including phenoxy) is 1. The molecule has 6 heteroatoms. The first-order valence-corrected chi connectivity index (χ1v) is 4.95. The van der Waals surface area contributed by atoms with Crippen molar-refractivity contribution in [3.8, 4) is 11.3 Å². The molecular formula is C11H12N4O2. The average molecular weight is 232 g/mol. The molecule has 17 heavy (non-hydrogen) atoms. The van der Waals surface area contributed by atoms with Gasteiger partial charge in [0, 0.05) is 25.0 Å². The average Bonchev–Trinajstić information content (AvgIpc) is 2.75. The standard InChI is InChI=1S/C11H12N4O2/c1-15-6-7(5-14-15)10-9(12)8(3-4-13-10)11(16)17-2/h3-6H,12H2,1-2H3. The fraction of sp³-hybridized carbons (Fsp3) is 0.182. The molecule has 2 aromatic rings. The molecule has 0 spiro atoms. The van der Waals surface area contributed by atoms with Crippen molar-refractivity contribution in [1.82, 2.24) is 14.8 Å². The monoisotopic (exact) mass is 232 g/mol. The van der Waals surface area contributed by atoms with E-state index in [1.54, 1.807) is 24.1 Å². The Labute approximate surface area is 98.0 Å². The molecule has 0 bridgehead atoms. The summed E-state index contributed by atoms with van der Waals surface area (Å²) < 4.78 is 6.29. The molecule has 0 radical (unpaired) electrons. The van der Waals surface area contributed by atoms with E-state index in [0.717, 1.165) is 5.56 Å². The van der Waals surface area contributed by atoms with E-state index in [1.165, 1.54) is 19.4 Å². The summed E-state index contributed by atoms with van der Waals surface area (Å²) in [5.41, 5.74) is 7.79. The second kappa shape index (κ2) is 4.25. The lowest BCUT2D eigenvalue weighted by molar-refractivity contribution is 0.0602. The third-order valence-electron chi connectivity index (χ3n) is 2.37. The molecule has 0 saturated heterocycles. The fourth-order valence-electron chi connectivity index (χ4n) is 1.53. The van der Waals surface area contributed by atoms with Crippen molar-refractivity contribution in [3.63, 3.8) is 0 Å². The van der Waals surface area contributed by atoms with Gasteiger partial charge in [-0.05, 0) is 6.07 Å². The van der Waals surface area contributed by atoms with E-state index < -0.39 is 5.97 Å². The minimum absolute atomic E-state index is 0.298. The van der Waals surface area contributed by atoms with Crippen LogP contribution in [0.25, 0.3) is 11.3 Å². The van der Waals surface area contributed by atoms with Gasteiger partial charge in [0.05, 0.1) is 30.3 Å². The summed E-state index contributed by atoms with van der Waals surface area (Å²) in [4.78, 5) is 15.6. The zero-order chi connectivity index (χ0) is 12.4. The SMILES string of the molecule is COC(=O)c1ccnc(-c2cnn(C)c2)c1N. The number of pyridine rings is 1. The van der Waals surface area contributed by atoms with Crippen LogP contribution in [0.3, 0.4) is 0 Å². The molecule has 0 atom stereocenters. The summed E-state index contributed by atoms with van der Waals surface area (Å²) in [5.74, 6) is -0.477. The summed E-state index contributed by atoms with van der Waals surface area (Å²) in [6.07, 6.45) is 4.93. The number of carbonyl (C=O) groups is 1. The lowest BCUT2D eigenvalue weighted by Crippen LogP contribution is -2.07. The first kappa shape index (κ1) is 11.1. The molecule has 0 aliphatic rings. The zero-order valence-electron chi connectivity index (χ0n) is 9.54. The molecule has 2 heterocycles. The third kappa shape index (κ3) is 1.96. The van der Waals surface area contributed by atoms with Gasteiger partial charge in [-0.1, -0.05) is 0 Å². The van der Waals surface area contributed by atoms with Crippen molar-refractivity contribution in [2.75, 3.05) is 12.8 Å². The molecule has 0 aliphatic carbocycles. The summed E-state index contributed by atoms with van der Waals surface area (Å²) in [5, 5.41) is 4.03. The third-order valence-corrected chi connectivity index (χ3v) is 2.37. The highest BCUT2D eigenvalue weighted by Crippen LogP contribution is 2.25. The van der Waals surface area contributed by atoms with Crippen LogP contribution < -0.4 is 5.73 Å². The van der Waals surface area contributed by atoms with Crippen molar-refractivity contribution in [2.45, 2.75) is 0 Å². The Morgan fingerprint density at radius 3 is 2.88 bits per heavy atom. The van der Waals surface area contributed by atoms with Gasteiger partial charge in [-0.2, -0.15) is 5.10 Å². The van der Waals surface area contributed by atoms with Crippen LogP contribution in [0.1, 0.15) is 10.4 Å². The van der Waals surface area contributed by atoms with Crippen molar-refractivity contribution in [2.24, 2.45) is 7.05 Å². The molecular weight excluding hydrogens is 220 g/mol. The van der Waals surface area contributed by atoms with Gasteiger partial charge < -0.3 is 10.5 Å². The number of nitrogen functional groups attached to an aromatic ring is 1. The van der Waals surface area contributed by atoms with Crippen LogP contribution in [0, 0.1) is 0 Å². The Balaban J connectivity index is 2.53. The minimum Gasteiger partial charge on any atom is -0.465 e. The number of aryl methyl sites for hydroxylation is 1. The van der Waals surface area contributed by atoms with Crippen LogP contribution in [-0.2, 0) is 11.8 Å². The molecule has 0 aromatic carbocycles. The molecule has 0 amide bonds. The number of anilines is 1. The topological polar surface area (TPSA) is 83.0 Å². The maximum Gasteiger partial charge on any atom is 0.340 e. The Bertz CT molecular complexity index is 562. The number of nitrogens with zero attached hydrogens (tertiary/aromatic N) is 3. The van der Waals surface area contributed by atoms with E-state index >= 15 is 0 Å². The van der Waals surface area contributed by atoms with Crippen molar-refractivity contribution >= 4 is 11.7 Å². The smallest absolute Gasteiger partial charge is 0.340 e. The van der Waals surface area contributed by atoms with Gasteiger partial charge in [0.2, 0.25) is 0 Å². The second-order valence-corrected chi connectivity index (χ2v) is 3.52. The van der Waals surface area contributed by atoms with Crippen LogP contribution in [0.5, 0.6) is 0 Å². The quantitative estimate of drug-likeness (QED) is 0.776. The van der Waals surface area contributed by atoms with Gasteiger partial charge in [0.1, 0.15) is 0 Å². The normalized spacial score (nSPS) is 10.2. The van der Waals surface area contributed by atoms with Crippen molar-refractivity contribution in [3.05, 3.63) is 30.2 Å². The van der Waals surface area contributed by atoms with Crippen molar-refractivity contribution in [1.29, 1.82) is 0 Å². The summed E-state index contributed by atoms with van der Waals surface area (Å²) >= 11 is 0. The zero-order valence-corrected chi connectivity index (χ0v) is 9.54. The number of rotatable bonds is 2. The molecule has 0 fully saturated rings. The van der Waals surface area contributed by atoms with Gasteiger partial charge in [-0.3, -0.25) is 9.67 Å². The predicted octanol–water partition coefficient (Wildman–Crippen LogP) is 0.851. The highest BCUT2D eigenvalue weighted by atomic mass is 16.5. The number of methoxy groups -OCH3 is 1. The van der Waals surface area contributed by atoms with E-state index in [-0.39, 0.29) is 0 Å². The fourth-order valence-corrected chi connectivity index (χ4v) is 1.53. The van der Waals surface area contributed by atoms with Crippen LogP contribution >= 0.6 is 0 Å². The van der Waals surface area contributed by atoms with Crippen LogP contribution in [-0.4, -0.2) is 27.8 Å². The van der Waals surface area contributed by atoms with Gasteiger partial charge in [-0.25, -0.2) is 4.79 Å². The van der Waals surface area contributed by atoms with Gasteiger partial charge in [0.25, 0.3) is 0 Å². The van der Waals surface area contributed by atoms with E-state index in [0.29, 0.717) is 16.9 Å². The van der Waals surface area contributed by atoms with Crippen LogP contribution in [0.15, 0.2) is 24.7 Å². The highest BCUT2D eigenvalue weighted by Gasteiger charge is 2.15. The Kier molecular flexibility index (Phi) is 2.78. The number of hydrogen-bond donors (Lipinski definition) is 1. The van der Waals surface area contributed by atoms with Gasteiger partial charge >= 0.3 is 5.97 Å². The predicted molar refractivity (Wildman–Crippen MR) is 62.2 cm³/mol. The maximum atomic E-state index is 11.5. The molecule has 88 valence electrons. The van der Waals surface area contributed by atoms with E-state index in [2.05, 4.69) is 14.8 Å². The molecule has 2 rings (SSSR count). The number of carbonyl (C=O) groups excluding carboxylic acids is 1. The minimum atomic E-state index is -0.477.